The van der Waals surface area contributed by atoms with Crippen molar-refractivity contribution >= 4 is 15.9 Å². The van der Waals surface area contributed by atoms with Gasteiger partial charge in [-0.25, -0.2) is 8.42 Å². The zero-order chi connectivity index (χ0) is 28.6. The number of sulfonamides is 1. The molecule has 0 radical (unpaired) electrons. The molecule has 0 bridgehead atoms. The summed E-state index contributed by atoms with van der Waals surface area (Å²) < 4.78 is 67.0. The van der Waals surface area contributed by atoms with Crippen molar-refractivity contribution in [2.45, 2.75) is 94.2 Å². The molecule has 1 fully saturated rings. The molecule has 1 saturated heterocycles. The average molecular weight is 568 g/mol. The number of carbonyl (C=O) groups excluding carboxylic acids is 1. The Morgan fingerprint density at radius 1 is 1.13 bits per heavy atom. The Bertz CT molecular complexity index is 1310. The summed E-state index contributed by atoms with van der Waals surface area (Å²) in [4.78, 5) is 12.6. The molecule has 2 aromatic carbocycles. The first-order valence-electron chi connectivity index (χ1n) is 13.2. The summed E-state index contributed by atoms with van der Waals surface area (Å²) in [7, 11) is -4.36. The lowest BCUT2D eigenvalue weighted by atomic mass is 9.86. The van der Waals surface area contributed by atoms with Crippen molar-refractivity contribution in [1.29, 1.82) is 0 Å². The Labute approximate surface area is 227 Å². The topological polar surface area (TPSA) is 98.7 Å². The quantitative estimate of drug-likeness (QED) is 0.464. The van der Waals surface area contributed by atoms with Crippen molar-refractivity contribution in [2.75, 3.05) is 6.54 Å². The summed E-state index contributed by atoms with van der Waals surface area (Å²) in [6.07, 6.45) is -3.34. The van der Waals surface area contributed by atoms with Gasteiger partial charge in [0.2, 0.25) is 15.9 Å². The van der Waals surface area contributed by atoms with E-state index in [0.717, 1.165) is 59.4 Å². The van der Waals surface area contributed by atoms with Crippen molar-refractivity contribution in [3.05, 3.63) is 64.7 Å². The monoisotopic (exact) mass is 567 g/mol. The summed E-state index contributed by atoms with van der Waals surface area (Å²) in [5, 5.41) is 16.7. The van der Waals surface area contributed by atoms with Crippen molar-refractivity contribution < 1.29 is 31.5 Å². The van der Waals surface area contributed by atoms with E-state index >= 15 is 0 Å². The molecule has 1 heterocycles. The van der Waals surface area contributed by atoms with Gasteiger partial charge >= 0.3 is 6.18 Å². The molecule has 4 rings (SSSR count). The number of aryl methyl sites for hydroxylation is 1. The molecule has 3 atom stereocenters. The van der Waals surface area contributed by atoms with Gasteiger partial charge in [-0.1, -0.05) is 24.3 Å². The maximum absolute atomic E-state index is 13.3. The van der Waals surface area contributed by atoms with Crippen LogP contribution < -0.4 is 10.6 Å². The molecule has 2 aliphatic rings. The third-order valence-electron chi connectivity index (χ3n) is 7.21. The largest absolute Gasteiger partial charge is 0.416 e. The number of aliphatic hydroxyl groups excluding tert-OH is 1. The molecule has 3 N–H and O–H groups in total. The predicted molar refractivity (Wildman–Crippen MR) is 141 cm³/mol. The number of halogens is 3. The van der Waals surface area contributed by atoms with Crippen molar-refractivity contribution in [3.63, 3.8) is 0 Å². The van der Waals surface area contributed by atoms with E-state index in [1.54, 1.807) is 0 Å². The standard InChI is InChI=1S/C28H36F3N3O4S/c1-27(2,3)32-16-18-10-11-24-19(12-18)6-4-9-25(24)33-26(36)15-21-14-22(35)17-34(21)39(37,38)23-8-5-7-20(13-23)28(29,30)31/h5,7-8,10-13,21-22,25,32,35H,4,6,9,14-17H2,1-3H3,(H,33,36)/t21-,22+,25+/m0/s1. The molecule has 0 spiro atoms. The van der Waals surface area contributed by atoms with Gasteiger partial charge < -0.3 is 15.7 Å². The molecule has 39 heavy (non-hydrogen) atoms. The van der Waals surface area contributed by atoms with Gasteiger partial charge in [-0.3, -0.25) is 4.79 Å². The van der Waals surface area contributed by atoms with Gasteiger partial charge in [-0.05, 0) is 81.3 Å². The molecule has 214 valence electrons. The number of fused-ring (bicyclic) bond motifs is 1. The van der Waals surface area contributed by atoms with Crippen LogP contribution in [0.5, 0.6) is 0 Å². The van der Waals surface area contributed by atoms with E-state index < -0.39 is 38.8 Å². The van der Waals surface area contributed by atoms with E-state index in [1.807, 2.05) is 12.1 Å². The molecular formula is C28H36F3N3O4S. The highest BCUT2D eigenvalue weighted by Gasteiger charge is 2.41. The highest BCUT2D eigenvalue weighted by atomic mass is 32.2. The highest BCUT2D eigenvalue weighted by Crippen LogP contribution is 2.34. The Morgan fingerprint density at radius 2 is 1.87 bits per heavy atom. The fourth-order valence-electron chi connectivity index (χ4n) is 5.27. The summed E-state index contributed by atoms with van der Waals surface area (Å²) >= 11 is 0. The number of β-amino-alcohol motifs (C(OH)–C–C–N with tert-alkyl or cyclic N) is 1. The minimum Gasteiger partial charge on any atom is -0.392 e. The Hall–Kier alpha value is -2.47. The molecule has 2 aromatic rings. The number of aliphatic hydroxyl groups is 1. The summed E-state index contributed by atoms with van der Waals surface area (Å²) in [6.45, 7) is 6.76. The predicted octanol–water partition coefficient (Wildman–Crippen LogP) is 4.30. The van der Waals surface area contributed by atoms with Gasteiger partial charge in [0.1, 0.15) is 0 Å². The Kier molecular flexibility index (Phi) is 8.47. The van der Waals surface area contributed by atoms with Gasteiger partial charge in [-0.2, -0.15) is 17.5 Å². The van der Waals surface area contributed by atoms with Gasteiger partial charge in [0.05, 0.1) is 22.6 Å². The lowest BCUT2D eigenvalue weighted by Gasteiger charge is -2.29. The fourth-order valence-corrected chi connectivity index (χ4v) is 6.99. The van der Waals surface area contributed by atoms with Crippen molar-refractivity contribution in [3.8, 4) is 0 Å². The maximum Gasteiger partial charge on any atom is 0.416 e. The van der Waals surface area contributed by atoms with Crippen LogP contribution in [0.3, 0.4) is 0 Å². The second kappa shape index (κ2) is 11.2. The second-order valence-corrected chi connectivity index (χ2v) is 13.4. The summed E-state index contributed by atoms with van der Waals surface area (Å²) in [6, 6.07) is 8.66. The molecule has 11 heteroatoms. The zero-order valence-corrected chi connectivity index (χ0v) is 23.2. The van der Waals surface area contributed by atoms with Gasteiger partial charge in [-0.15, -0.1) is 0 Å². The molecule has 1 aliphatic carbocycles. The molecule has 7 nitrogen and oxygen atoms in total. The van der Waals surface area contributed by atoms with E-state index in [0.29, 0.717) is 6.07 Å². The first-order valence-corrected chi connectivity index (χ1v) is 14.6. The SMILES string of the molecule is CC(C)(C)NCc1ccc2c(c1)CCC[C@H]2NC(=O)C[C@@H]1C[C@@H](O)CN1S(=O)(=O)c1cccc(C(F)(F)F)c1. The zero-order valence-electron chi connectivity index (χ0n) is 22.4. The normalized spacial score (nSPS) is 22.5. The lowest BCUT2D eigenvalue weighted by molar-refractivity contribution is -0.137. The number of hydrogen-bond acceptors (Lipinski definition) is 5. The minimum atomic E-state index is -4.70. The van der Waals surface area contributed by atoms with Gasteiger partial charge in [0.25, 0.3) is 0 Å². The molecule has 1 aliphatic heterocycles. The maximum atomic E-state index is 13.3. The number of benzene rings is 2. The minimum absolute atomic E-state index is 0.0112. The van der Waals surface area contributed by atoms with E-state index in [-0.39, 0.29) is 36.9 Å². The summed E-state index contributed by atoms with van der Waals surface area (Å²) in [5.41, 5.74) is 2.28. The second-order valence-electron chi connectivity index (χ2n) is 11.5. The van der Waals surface area contributed by atoms with Crippen LogP contribution in [0.2, 0.25) is 0 Å². The smallest absolute Gasteiger partial charge is 0.392 e. The van der Waals surface area contributed by atoms with E-state index in [1.165, 1.54) is 5.56 Å². The van der Waals surface area contributed by atoms with Crippen LogP contribution >= 0.6 is 0 Å². The van der Waals surface area contributed by atoms with Crippen LogP contribution in [0.1, 0.15) is 74.8 Å². The van der Waals surface area contributed by atoms with Crippen molar-refractivity contribution in [1.82, 2.24) is 14.9 Å². The average Bonchev–Trinajstić information content (AvgIpc) is 3.22. The number of amides is 1. The van der Waals surface area contributed by atoms with Gasteiger partial charge in [0, 0.05) is 31.1 Å². The van der Waals surface area contributed by atoms with Gasteiger partial charge in [0.15, 0.2) is 0 Å². The fraction of sp³-hybridized carbons (Fsp3) is 0.536. The van der Waals surface area contributed by atoms with Crippen LogP contribution in [0.4, 0.5) is 13.2 Å². The van der Waals surface area contributed by atoms with Crippen LogP contribution in [0.15, 0.2) is 47.4 Å². The lowest BCUT2D eigenvalue weighted by Crippen LogP contribution is -2.40. The summed E-state index contributed by atoms with van der Waals surface area (Å²) in [5.74, 6) is -0.366. The van der Waals surface area contributed by atoms with Crippen LogP contribution in [0, 0.1) is 0 Å². The molecule has 0 aromatic heterocycles. The van der Waals surface area contributed by atoms with Crippen LogP contribution in [0.25, 0.3) is 0 Å². The number of nitrogens with zero attached hydrogens (tertiary/aromatic N) is 1. The molecule has 0 unspecified atom stereocenters. The Balaban J connectivity index is 1.46. The number of nitrogens with one attached hydrogen (secondary N) is 2. The number of carbonyl (C=O) groups is 1. The number of alkyl halides is 3. The third kappa shape index (κ3) is 7.19. The van der Waals surface area contributed by atoms with Crippen LogP contribution in [-0.4, -0.2) is 48.0 Å². The van der Waals surface area contributed by atoms with Crippen LogP contribution in [-0.2, 0) is 34.0 Å². The van der Waals surface area contributed by atoms with E-state index in [4.69, 9.17) is 0 Å². The van der Waals surface area contributed by atoms with Crippen molar-refractivity contribution in [2.24, 2.45) is 0 Å². The highest BCUT2D eigenvalue weighted by molar-refractivity contribution is 7.89. The molecule has 0 saturated carbocycles. The molecule has 1 amide bonds. The third-order valence-corrected chi connectivity index (χ3v) is 9.13. The number of rotatable bonds is 7. The number of hydrogen-bond donors (Lipinski definition) is 3. The first kappa shape index (κ1) is 29.5. The molecular weight excluding hydrogens is 531 g/mol. The van der Waals surface area contributed by atoms with E-state index in [9.17, 15) is 31.5 Å². The Morgan fingerprint density at radius 3 is 2.56 bits per heavy atom. The van der Waals surface area contributed by atoms with E-state index in [2.05, 4.69) is 37.5 Å². The first-order chi connectivity index (χ1) is 18.1.